The van der Waals surface area contributed by atoms with E-state index >= 15 is 0 Å². The largest absolute Gasteiger partial charge is 0.492 e. The summed E-state index contributed by atoms with van der Waals surface area (Å²) in [5.41, 5.74) is 2.46. The summed E-state index contributed by atoms with van der Waals surface area (Å²) in [4.78, 5) is 20.0. The van der Waals surface area contributed by atoms with Gasteiger partial charge in [-0.3, -0.25) is 9.69 Å². The summed E-state index contributed by atoms with van der Waals surface area (Å²) >= 11 is 3.55. The predicted molar refractivity (Wildman–Crippen MR) is 129 cm³/mol. The minimum Gasteiger partial charge on any atom is -0.492 e. The number of ether oxygens (including phenoxy) is 1. The van der Waals surface area contributed by atoms with Crippen LogP contribution in [0.5, 0.6) is 5.75 Å². The topological polar surface area (TPSA) is 36.0 Å². The first kappa shape index (κ1) is 22.2. The van der Waals surface area contributed by atoms with Crippen molar-refractivity contribution in [3.63, 3.8) is 0 Å². The number of hydrogen-bond donors (Lipinski definition) is 0. The van der Waals surface area contributed by atoms with Crippen molar-refractivity contribution in [2.75, 3.05) is 50.8 Å². The van der Waals surface area contributed by atoms with Crippen molar-refractivity contribution in [2.45, 2.75) is 26.3 Å². The van der Waals surface area contributed by atoms with Gasteiger partial charge in [-0.15, -0.1) is 0 Å². The maximum Gasteiger partial charge on any atom is 0.225 e. The van der Waals surface area contributed by atoms with Gasteiger partial charge in [0.2, 0.25) is 5.91 Å². The summed E-state index contributed by atoms with van der Waals surface area (Å²) in [5.74, 6) is 1.45. The summed E-state index contributed by atoms with van der Waals surface area (Å²) in [5, 5.41) is 0. The van der Waals surface area contributed by atoms with Gasteiger partial charge in [0, 0.05) is 43.1 Å². The first-order chi connectivity index (χ1) is 15.1. The molecule has 1 amide bonds. The van der Waals surface area contributed by atoms with E-state index in [-0.39, 0.29) is 5.92 Å². The van der Waals surface area contributed by atoms with Gasteiger partial charge in [0.25, 0.3) is 0 Å². The van der Waals surface area contributed by atoms with Crippen LogP contribution in [0.25, 0.3) is 0 Å². The lowest BCUT2D eigenvalue weighted by Gasteiger charge is -2.39. The summed E-state index contributed by atoms with van der Waals surface area (Å²) < 4.78 is 6.91. The molecular formula is C25H32BrN3O2. The van der Waals surface area contributed by atoms with Crippen molar-refractivity contribution < 1.29 is 9.53 Å². The Labute approximate surface area is 194 Å². The molecule has 0 spiro atoms. The van der Waals surface area contributed by atoms with E-state index in [1.54, 1.807) is 0 Å². The number of para-hydroxylation sites is 2. The molecule has 6 heteroatoms. The van der Waals surface area contributed by atoms with Crippen molar-refractivity contribution in [3.05, 3.63) is 58.6 Å². The van der Waals surface area contributed by atoms with E-state index in [1.165, 1.54) is 5.56 Å². The number of likely N-dealkylation sites (tertiary alicyclic amines) is 1. The lowest BCUT2D eigenvalue weighted by molar-refractivity contribution is -0.137. The van der Waals surface area contributed by atoms with E-state index in [9.17, 15) is 4.79 Å². The zero-order chi connectivity index (χ0) is 21.6. The first-order valence-corrected chi connectivity index (χ1v) is 12.2. The lowest BCUT2D eigenvalue weighted by atomic mass is 9.94. The van der Waals surface area contributed by atoms with Crippen LogP contribution in [0, 0.1) is 5.92 Å². The molecule has 0 aliphatic carbocycles. The molecule has 0 aromatic heterocycles. The molecule has 0 bridgehead atoms. The second kappa shape index (κ2) is 10.5. The normalized spacial score (nSPS) is 18.3. The number of hydrogen-bond acceptors (Lipinski definition) is 4. The number of halogens is 1. The molecule has 5 nitrogen and oxygen atoms in total. The first-order valence-electron chi connectivity index (χ1n) is 11.4. The third kappa shape index (κ3) is 5.60. The van der Waals surface area contributed by atoms with Crippen molar-refractivity contribution in [3.8, 4) is 5.75 Å². The predicted octanol–water partition coefficient (Wildman–Crippen LogP) is 4.41. The van der Waals surface area contributed by atoms with Gasteiger partial charge in [0.15, 0.2) is 0 Å². The zero-order valence-electron chi connectivity index (χ0n) is 18.3. The molecule has 2 heterocycles. The smallest absolute Gasteiger partial charge is 0.225 e. The van der Waals surface area contributed by atoms with Crippen molar-refractivity contribution in [1.82, 2.24) is 9.80 Å². The summed E-state index contributed by atoms with van der Waals surface area (Å²) in [6.45, 7) is 8.91. The molecule has 2 aliphatic heterocycles. The number of nitrogens with zero attached hydrogens (tertiary/aromatic N) is 3. The van der Waals surface area contributed by atoms with E-state index in [0.717, 1.165) is 74.6 Å². The summed E-state index contributed by atoms with van der Waals surface area (Å²) in [6, 6.07) is 16.7. The fourth-order valence-electron chi connectivity index (χ4n) is 4.65. The average molecular weight is 486 g/mol. The molecule has 31 heavy (non-hydrogen) atoms. The highest BCUT2D eigenvalue weighted by molar-refractivity contribution is 9.10. The van der Waals surface area contributed by atoms with Gasteiger partial charge in [-0.1, -0.05) is 40.2 Å². The Morgan fingerprint density at radius 3 is 2.45 bits per heavy atom. The number of piperazine rings is 1. The minimum atomic E-state index is 0.168. The van der Waals surface area contributed by atoms with E-state index in [2.05, 4.69) is 67.0 Å². The second-order valence-electron chi connectivity index (χ2n) is 8.39. The van der Waals surface area contributed by atoms with Crippen LogP contribution in [0.3, 0.4) is 0 Å². The van der Waals surface area contributed by atoms with Crippen LogP contribution in [0.1, 0.15) is 25.3 Å². The fourth-order valence-corrected chi connectivity index (χ4v) is 5.10. The van der Waals surface area contributed by atoms with Crippen molar-refractivity contribution in [1.29, 1.82) is 0 Å². The van der Waals surface area contributed by atoms with Crippen LogP contribution in [-0.2, 0) is 11.3 Å². The van der Waals surface area contributed by atoms with Gasteiger partial charge in [-0.2, -0.15) is 0 Å². The molecule has 2 aliphatic rings. The van der Waals surface area contributed by atoms with Crippen LogP contribution in [-0.4, -0.2) is 61.6 Å². The Bertz CT molecular complexity index is 875. The van der Waals surface area contributed by atoms with Crippen LogP contribution >= 0.6 is 15.9 Å². The second-order valence-corrected chi connectivity index (χ2v) is 9.31. The zero-order valence-corrected chi connectivity index (χ0v) is 19.9. The standard InChI is InChI=1S/C25H32BrN3O2/c1-2-31-24-9-4-3-8-23(24)28-14-16-29(17-15-28)25(30)21-10-12-27(13-11-21)19-20-6-5-7-22(26)18-20/h3-9,18,21H,2,10-17,19H2,1H3. The number of amides is 1. The van der Waals surface area contributed by atoms with E-state index in [0.29, 0.717) is 12.5 Å². The number of rotatable bonds is 6. The van der Waals surface area contributed by atoms with Gasteiger partial charge < -0.3 is 14.5 Å². The average Bonchev–Trinajstić information content (AvgIpc) is 2.80. The molecule has 0 N–H and O–H groups in total. The Hall–Kier alpha value is -2.05. The molecule has 0 saturated carbocycles. The highest BCUT2D eigenvalue weighted by atomic mass is 79.9. The van der Waals surface area contributed by atoms with Crippen LogP contribution in [0.15, 0.2) is 53.0 Å². The molecule has 0 atom stereocenters. The number of anilines is 1. The maximum atomic E-state index is 13.1. The number of piperidine rings is 1. The van der Waals surface area contributed by atoms with Gasteiger partial charge in [0.1, 0.15) is 5.75 Å². The molecule has 166 valence electrons. The minimum absolute atomic E-state index is 0.168. The van der Waals surface area contributed by atoms with Gasteiger partial charge in [0.05, 0.1) is 12.3 Å². The number of carbonyl (C=O) groups is 1. The van der Waals surface area contributed by atoms with Gasteiger partial charge in [-0.25, -0.2) is 0 Å². The van der Waals surface area contributed by atoms with Crippen molar-refractivity contribution in [2.24, 2.45) is 5.92 Å². The van der Waals surface area contributed by atoms with Gasteiger partial charge in [-0.05, 0) is 62.7 Å². The highest BCUT2D eigenvalue weighted by Gasteiger charge is 2.30. The number of carbonyl (C=O) groups excluding carboxylic acids is 1. The van der Waals surface area contributed by atoms with Gasteiger partial charge >= 0.3 is 0 Å². The Balaban J connectivity index is 1.26. The molecule has 0 radical (unpaired) electrons. The molecule has 2 aromatic rings. The van der Waals surface area contributed by atoms with E-state index < -0.39 is 0 Å². The molecule has 0 unspecified atom stereocenters. The summed E-state index contributed by atoms with van der Waals surface area (Å²) in [6.07, 6.45) is 1.92. The molecular weight excluding hydrogens is 454 g/mol. The van der Waals surface area contributed by atoms with Crippen molar-refractivity contribution >= 4 is 27.5 Å². The molecule has 2 aromatic carbocycles. The van der Waals surface area contributed by atoms with Crippen LogP contribution < -0.4 is 9.64 Å². The molecule has 2 saturated heterocycles. The molecule has 2 fully saturated rings. The third-order valence-electron chi connectivity index (χ3n) is 6.33. The van der Waals surface area contributed by atoms with Crippen LogP contribution in [0.2, 0.25) is 0 Å². The lowest BCUT2D eigenvalue weighted by Crippen LogP contribution is -2.51. The highest BCUT2D eigenvalue weighted by Crippen LogP contribution is 2.29. The summed E-state index contributed by atoms with van der Waals surface area (Å²) in [7, 11) is 0. The Morgan fingerprint density at radius 2 is 1.74 bits per heavy atom. The fraction of sp³-hybridized carbons (Fsp3) is 0.480. The molecule has 4 rings (SSSR count). The van der Waals surface area contributed by atoms with E-state index in [1.807, 2.05) is 19.1 Å². The monoisotopic (exact) mass is 485 g/mol. The van der Waals surface area contributed by atoms with E-state index in [4.69, 9.17) is 4.74 Å². The Morgan fingerprint density at radius 1 is 1.00 bits per heavy atom. The maximum absolute atomic E-state index is 13.1. The van der Waals surface area contributed by atoms with Crippen LogP contribution in [0.4, 0.5) is 5.69 Å². The third-order valence-corrected chi connectivity index (χ3v) is 6.82. The SMILES string of the molecule is CCOc1ccccc1N1CCN(C(=O)C2CCN(Cc3cccc(Br)c3)CC2)CC1. The number of benzene rings is 2. The quantitative estimate of drug-likeness (QED) is 0.606. The Kier molecular flexibility index (Phi) is 7.51.